The molecule has 116 valence electrons. The summed E-state index contributed by atoms with van der Waals surface area (Å²) in [5.41, 5.74) is 9.30. The second-order valence-corrected chi connectivity index (χ2v) is 6.32. The van der Waals surface area contributed by atoms with Gasteiger partial charge in [-0.15, -0.1) is 24.0 Å². The zero-order valence-corrected chi connectivity index (χ0v) is 15.2. The van der Waals surface area contributed by atoms with Crippen molar-refractivity contribution in [1.29, 1.82) is 0 Å². The minimum Gasteiger partial charge on any atom is -0.370 e. The highest BCUT2D eigenvalue weighted by Crippen LogP contribution is 2.49. The molecule has 21 heavy (non-hydrogen) atoms. The summed E-state index contributed by atoms with van der Waals surface area (Å²) in [6.07, 6.45) is 6.32. The van der Waals surface area contributed by atoms with E-state index in [2.05, 4.69) is 36.1 Å². The van der Waals surface area contributed by atoms with Crippen molar-refractivity contribution >= 4 is 29.9 Å². The lowest BCUT2D eigenvalue weighted by Crippen LogP contribution is -2.41. The van der Waals surface area contributed by atoms with Crippen molar-refractivity contribution in [2.24, 2.45) is 10.7 Å². The molecule has 2 fully saturated rings. The highest BCUT2D eigenvalue weighted by Gasteiger charge is 2.44. The van der Waals surface area contributed by atoms with Crippen LogP contribution in [-0.4, -0.2) is 30.5 Å². The van der Waals surface area contributed by atoms with E-state index in [1.165, 1.54) is 43.2 Å². The van der Waals surface area contributed by atoms with Gasteiger partial charge in [-0.05, 0) is 50.2 Å². The molecule has 0 unspecified atom stereocenters. The molecule has 0 atom stereocenters. The molecule has 1 heterocycles. The van der Waals surface area contributed by atoms with Gasteiger partial charge in [-0.2, -0.15) is 0 Å². The molecule has 1 saturated heterocycles. The Kier molecular flexibility index (Phi) is 5.52. The molecular weight excluding hydrogens is 373 g/mol. The number of aryl methyl sites for hydroxylation is 1. The van der Waals surface area contributed by atoms with Gasteiger partial charge in [-0.25, -0.2) is 0 Å². The number of rotatable bonds is 3. The minimum atomic E-state index is 0. The predicted molar refractivity (Wildman–Crippen MR) is 99.4 cm³/mol. The topological polar surface area (TPSA) is 41.6 Å². The second-order valence-electron chi connectivity index (χ2n) is 6.32. The Labute approximate surface area is 145 Å². The van der Waals surface area contributed by atoms with E-state index in [4.69, 9.17) is 10.7 Å². The van der Waals surface area contributed by atoms with Gasteiger partial charge in [-0.1, -0.05) is 24.3 Å². The monoisotopic (exact) mass is 399 g/mol. The first-order chi connectivity index (χ1) is 9.71. The van der Waals surface area contributed by atoms with Crippen LogP contribution in [-0.2, 0) is 5.41 Å². The Bertz CT molecular complexity index is 503. The molecule has 1 aliphatic heterocycles. The molecule has 2 N–H and O–H groups in total. The maximum Gasteiger partial charge on any atom is 0.191 e. The molecule has 3 nitrogen and oxygen atoms in total. The first-order valence-electron chi connectivity index (χ1n) is 7.82. The molecule has 1 aromatic rings. The van der Waals surface area contributed by atoms with Crippen molar-refractivity contribution in [1.82, 2.24) is 4.90 Å². The largest absolute Gasteiger partial charge is 0.370 e. The smallest absolute Gasteiger partial charge is 0.191 e. The van der Waals surface area contributed by atoms with E-state index in [0.29, 0.717) is 0 Å². The first kappa shape index (κ1) is 16.6. The summed E-state index contributed by atoms with van der Waals surface area (Å²) in [6, 6.07) is 8.71. The van der Waals surface area contributed by atoms with Crippen molar-refractivity contribution in [2.45, 2.75) is 44.4 Å². The van der Waals surface area contributed by atoms with Crippen LogP contribution in [0.2, 0.25) is 0 Å². The zero-order chi connectivity index (χ0) is 14.0. The molecule has 0 radical (unpaired) electrons. The van der Waals surface area contributed by atoms with Crippen LogP contribution in [0.5, 0.6) is 0 Å². The maximum atomic E-state index is 6.18. The van der Waals surface area contributed by atoms with Crippen LogP contribution in [0.15, 0.2) is 29.3 Å². The predicted octanol–water partition coefficient (Wildman–Crippen LogP) is 3.45. The quantitative estimate of drug-likeness (QED) is 0.481. The third-order valence-electron chi connectivity index (χ3n) is 4.79. The summed E-state index contributed by atoms with van der Waals surface area (Å²) in [6.45, 7) is 5.20. The number of aliphatic imine (C=N–C) groups is 1. The molecule has 1 saturated carbocycles. The molecule has 0 spiro atoms. The number of halogens is 1. The summed E-state index contributed by atoms with van der Waals surface area (Å²) in [7, 11) is 0. The van der Waals surface area contributed by atoms with Crippen molar-refractivity contribution < 1.29 is 0 Å². The van der Waals surface area contributed by atoms with E-state index >= 15 is 0 Å². The van der Waals surface area contributed by atoms with Crippen LogP contribution in [0, 0.1) is 6.92 Å². The molecule has 2 aliphatic rings. The Hall–Kier alpha value is -0.780. The Morgan fingerprint density at radius 1 is 1.19 bits per heavy atom. The molecule has 0 aromatic heterocycles. The van der Waals surface area contributed by atoms with Gasteiger partial charge in [0.2, 0.25) is 0 Å². The van der Waals surface area contributed by atoms with Crippen LogP contribution >= 0.6 is 24.0 Å². The average molecular weight is 399 g/mol. The van der Waals surface area contributed by atoms with Crippen molar-refractivity contribution in [3.63, 3.8) is 0 Å². The lowest BCUT2D eigenvalue weighted by molar-refractivity contribution is 0.337. The van der Waals surface area contributed by atoms with E-state index < -0.39 is 0 Å². The minimum absolute atomic E-state index is 0. The fourth-order valence-electron chi connectivity index (χ4n) is 3.29. The molecule has 3 rings (SSSR count). The van der Waals surface area contributed by atoms with Gasteiger partial charge >= 0.3 is 0 Å². The number of likely N-dealkylation sites (tertiary alicyclic amines) is 1. The Morgan fingerprint density at radius 3 is 2.48 bits per heavy atom. The van der Waals surface area contributed by atoms with Crippen molar-refractivity contribution in [2.75, 3.05) is 19.6 Å². The highest BCUT2D eigenvalue weighted by molar-refractivity contribution is 14.0. The average Bonchev–Trinajstić information content (AvgIpc) is 3.27. The normalized spacial score (nSPS) is 20.8. The van der Waals surface area contributed by atoms with Crippen LogP contribution in [0.3, 0.4) is 0 Å². The number of benzene rings is 1. The zero-order valence-electron chi connectivity index (χ0n) is 12.8. The number of guanidine groups is 1. The summed E-state index contributed by atoms with van der Waals surface area (Å²) < 4.78 is 0. The van der Waals surface area contributed by atoms with Crippen LogP contribution in [0.4, 0.5) is 0 Å². The molecule has 1 aliphatic carbocycles. The molecular formula is C17H26IN3. The molecule has 0 amide bonds. The summed E-state index contributed by atoms with van der Waals surface area (Å²) in [5.74, 6) is 0.754. The number of nitrogens with zero attached hydrogens (tertiary/aromatic N) is 2. The van der Waals surface area contributed by atoms with E-state index in [0.717, 1.165) is 25.6 Å². The lowest BCUT2D eigenvalue weighted by atomic mass is 9.92. The van der Waals surface area contributed by atoms with Crippen LogP contribution in [0.25, 0.3) is 0 Å². The number of piperidine rings is 1. The Balaban J connectivity index is 0.00000161. The second kappa shape index (κ2) is 6.99. The molecule has 1 aromatic carbocycles. The maximum absolute atomic E-state index is 6.18. The fourth-order valence-corrected chi connectivity index (χ4v) is 3.29. The van der Waals surface area contributed by atoms with Crippen molar-refractivity contribution in [3.8, 4) is 0 Å². The Morgan fingerprint density at radius 2 is 1.86 bits per heavy atom. The van der Waals surface area contributed by atoms with Gasteiger partial charge in [0.05, 0.1) is 6.54 Å². The third kappa shape index (κ3) is 3.71. The first-order valence-corrected chi connectivity index (χ1v) is 7.82. The fraction of sp³-hybridized carbons (Fsp3) is 0.588. The number of hydrogen-bond donors (Lipinski definition) is 1. The van der Waals surface area contributed by atoms with E-state index in [-0.39, 0.29) is 29.4 Å². The number of hydrogen-bond acceptors (Lipinski definition) is 1. The molecule has 4 heteroatoms. The SMILES string of the molecule is Cc1ccccc1C1(CN=C(N)N2CCCCC2)CC1.I. The standard InChI is InChI=1S/C17H25N3.HI/c1-14-7-3-4-8-15(14)17(9-10-17)13-19-16(18)20-11-5-2-6-12-20;/h3-4,7-8H,2,5-6,9-13H2,1H3,(H2,18,19);1H. The van der Waals surface area contributed by atoms with Gasteiger partial charge < -0.3 is 10.6 Å². The van der Waals surface area contributed by atoms with Gasteiger partial charge in [0.15, 0.2) is 5.96 Å². The van der Waals surface area contributed by atoms with Crippen LogP contribution in [0.1, 0.15) is 43.2 Å². The third-order valence-corrected chi connectivity index (χ3v) is 4.79. The van der Waals surface area contributed by atoms with Crippen molar-refractivity contribution in [3.05, 3.63) is 35.4 Å². The van der Waals surface area contributed by atoms with Gasteiger partial charge in [0.25, 0.3) is 0 Å². The van der Waals surface area contributed by atoms with E-state index in [1.807, 2.05) is 0 Å². The number of nitrogens with two attached hydrogens (primary N) is 1. The van der Waals surface area contributed by atoms with Gasteiger partial charge in [-0.3, -0.25) is 4.99 Å². The van der Waals surface area contributed by atoms with E-state index in [1.54, 1.807) is 0 Å². The summed E-state index contributed by atoms with van der Waals surface area (Å²) in [4.78, 5) is 6.97. The van der Waals surface area contributed by atoms with Crippen LogP contribution < -0.4 is 5.73 Å². The summed E-state index contributed by atoms with van der Waals surface area (Å²) >= 11 is 0. The highest BCUT2D eigenvalue weighted by atomic mass is 127. The molecule has 0 bridgehead atoms. The van der Waals surface area contributed by atoms with E-state index in [9.17, 15) is 0 Å². The summed E-state index contributed by atoms with van der Waals surface area (Å²) in [5, 5.41) is 0. The van der Waals surface area contributed by atoms with Gasteiger partial charge in [0, 0.05) is 18.5 Å². The van der Waals surface area contributed by atoms with Gasteiger partial charge in [0.1, 0.15) is 0 Å². The lowest BCUT2D eigenvalue weighted by Gasteiger charge is -2.28.